The van der Waals surface area contributed by atoms with Gasteiger partial charge in [0.05, 0.1) is 24.0 Å². The molecule has 1 aromatic carbocycles. The summed E-state index contributed by atoms with van der Waals surface area (Å²) in [6.45, 7) is 4.22. The molecule has 5 heteroatoms. The number of nitrogens with zero attached hydrogens (tertiary/aromatic N) is 4. The number of rotatable bonds is 3. The minimum absolute atomic E-state index is 0.0263. The van der Waals surface area contributed by atoms with Crippen LogP contribution in [-0.2, 0) is 11.3 Å². The molecule has 1 amide bonds. The van der Waals surface area contributed by atoms with Gasteiger partial charge in [0.25, 0.3) is 0 Å². The van der Waals surface area contributed by atoms with Gasteiger partial charge in [0.2, 0.25) is 5.91 Å². The van der Waals surface area contributed by atoms with Crippen LogP contribution in [0.5, 0.6) is 0 Å². The molecule has 2 fully saturated rings. The van der Waals surface area contributed by atoms with Crippen LogP contribution in [0.4, 0.5) is 5.69 Å². The molecular weight excluding hydrogens is 312 g/mol. The van der Waals surface area contributed by atoms with Crippen LogP contribution < -0.4 is 4.90 Å². The molecule has 0 unspecified atom stereocenters. The van der Waals surface area contributed by atoms with Crippen molar-refractivity contribution < 1.29 is 4.79 Å². The third-order valence-corrected chi connectivity index (χ3v) is 5.55. The maximum absolute atomic E-state index is 12.6. The average Bonchev–Trinajstić information content (AvgIpc) is 3.04. The number of pyridine rings is 1. The quantitative estimate of drug-likeness (QED) is 0.860. The second-order valence-electron chi connectivity index (χ2n) is 7.22. The van der Waals surface area contributed by atoms with Crippen molar-refractivity contribution in [1.82, 2.24) is 14.8 Å². The third kappa shape index (κ3) is 3.17. The lowest BCUT2D eigenvalue weighted by molar-refractivity contribution is -0.123. The van der Waals surface area contributed by atoms with Crippen LogP contribution in [0.3, 0.4) is 0 Å². The van der Waals surface area contributed by atoms with Crippen LogP contribution in [-0.4, -0.2) is 59.5 Å². The standard InChI is InChI=1S/C20H24N4O/c1-22-14-19(25)24(18-8-5-10-21-12-18)16-20(22)9-11-23(15-20)13-17-6-3-2-4-7-17/h2-8,10,12H,9,11,13-16H2,1H3/t20-/m0/s1. The van der Waals surface area contributed by atoms with Gasteiger partial charge in [-0.1, -0.05) is 30.3 Å². The van der Waals surface area contributed by atoms with Gasteiger partial charge in [-0.3, -0.25) is 19.6 Å². The number of piperazine rings is 1. The summed E-state index contributed by atoms with van der Waals surface area (Å²) in [5, 5.41) is 0. The normalized spacial score (nSPS) is 25.0. The molecule has 2 saturated heterocycles. The smallest absolute Gasteiger partial charge is 0.241 e. The van der Waals surface area contributed by atoms with Crippen molar-refractivity contribution >= 4 is 11.6 Å². The number of amides is 1. The van der Waals surface area contributed by atoms with E-state index in [1.54, 1.807) is 12.4 Å². The lowest BCUT2D eigenvalue weighted by Crippen LogP contribution is -2.64. The maximum atomic E-state index is 12.6. The summed E-state index contributed by atoms with van der Waals surface area (Å²) in [5.74, 6) is 0.155. The van der Waals surface area contributed by atoms with Gasteiger partial charge < -0.3 is 4.90 Å². The Bertz CT molecular complexity index is 736. The summed E-state index contributed by atoms with van der Waals surface area (Å²) in [6.07, 6.45) is 4.62. The Morgan fingerprint density at radius 1 is 1.12 bits per heavy atom. The van der Waals surface area contributed by atoms with Crippen LogP contribution in [0.15, 0.2) is 54.9 Å². The minimum atomic E-state index is 0.0263. The second kappa shape index (κ2) is 6.58. The van der Waals surface area contributed by atoms with Gasteiger partial charge in [-0.2, -0.15) is 0 Å². The molecular formula is C20H24N4O. The van der Waals surface area contributed by atoms with Crippen molar-refractivity contribution in [2.75, 3.05) is 38.1 Å². The highest BCUT2D eigenvalue weighted by molar-refractivity contribution is 5.95. The number of benzene rings is 1. The zero-order chi connectivity index (χ0) is 17.3. The first-order valence-corrected chi connectivity index (χ1v) is 8.84. The summed E-state index contributed by atoms with van der Waals surface area (Å²) >= 11 is 0. The Morgan fingerprint density at radius 2 is 1.96 bits per heavy atom. The van der Waals surface area contributed by atoms with Crippen LogP contribution in [0.1, 0.15) is 12.0 Å². The van der Waals surface area contributed by atoms with Gasteiger partial charge in [0, 0.05) is 32.4 Å². The van der Waals surface area contributed by atoms with Gasteiger partial charge >= 0.3 is 0 Å². The van der Waals surface area contributed by atoms with Gasteiger partial charge in [-0.25, -0.2) is 0 Å². The predicted molar refractivity (Wildman–Crippen MR) is 98.3 cm³/mol. The topological polar surface area (TPSA) is 39.7 Å². The highest BCUT2D eigenvalue weighted by Crippen LogP contribution is 2.33. The van der Waals surface area contributed by atoms with Crippen molar-refractivity contribution in [2.24, 2.45) is 0 Å². The predicted octanol–water partition coefficient (Wildman–Crippen LogP) is 2.00. The van der Waals surface area contributed by atoms with Crippen molar-refractivity contribution in [3.63, 3.8) is 0 Å². The maximum Gasteiger partial charge on any atom is 0.241 e. The van der Waals surface area contributed by atoms with Crippen LogP contribution in [0.2, 0.25) is 0 Å². The highest BCUT2D eigenvalue weighted by atomic mass is 16.2. The average molecular weight is 336 g/mol. The zero-order valence-corrected chi connectivity index (χ0v) is 14.6. The SMILES string of the molecule is CN1CC(=O)N(c2cccnc2)C[C@@]12CCN(Cc1ccccc1)C2. The molecule has 2 aromatic rings. The Kier molecular flexibility index (Phi) is 4.27. The Hall–Kier alpha value is -2.24. The number of hydrogen-bond acceptors (Lipinski definition) is 4. The third-order valence-electron chi connectivity index (χ3n) is 5.55. The van der Waals surface area contributed by atoms with E-state index in [2.05, 4.69) is 52.2 Å². The molecule has 2 aliphatic rings. The molecule has 25 heavy (non-hydrogen) atoms. The molecule has 1 atom stereocenters. The summed E-state index contributed by atoms with van der Waals surface area (Å²) in [6, 6.07) is 14.5. The molecule has 5 nitrogen and oxygen atoms in total. The molecule has 0 bridgehead atoms. The van der Waals surface area contributed by atoms with Crippen LogP contribution >= 0.6 is 0 Å². The first kappa shape index (κ1) is 16.2. The van der Waals surface area contributed by atoms with E-state index in [9.17, 15) is 4.79 Å². The Morgan fingerprint density at radius 3 is 2.72 bits per heavy atom. The van der Waals surface area contributed by atoms with Crippen molar-refractivity contribution in [1.29, 1.82) is 0 Å². The first-order chi connectivity index (χ1) is 12.2. The molecule has 0 saturated carbocycles. The number of carbonyl (C=O) groups excluding carboxylic acids is 1. The van der Waals surface area contributed by atoms with E-state index in [-0.39, 0.29) is 11.4 Å². The molecule has 1 aromatic heterocycles. The van der Waals surface area contributed by atoms with Gasteiger partial charge in [-0.05, 0) is 31.2 Å². The van der Waals surface area contributed by atoms with Crippen molar-refractivity contribution in [2.45, 2.75) is 18.5 Å². The summed E-state index contributed by atoms with van der Waals surface area (Å²) in [4.78, 5) is 23.4. The van der Waals surface area contributed by atoms with Gasteiger partial charge in [0.15, 0.2) is 0 Å². The number of likely N-dealkylation sites (tertiary alicyclic amines) is 1. The van der Waals surface area contributed by atoms with Gasteiger partial charge in [0.1, 0.15) is 0 Å². The van der Waals surface area contributed by atoms with E-state index in [4.69, 9.17) is 0 Å². The lowest BCUT2D eigenvalue weighted by atomic mass is 9.92. The van der Waals surface area contributed by atoms with Crippen LogP contribution in [0.25, 0.3) is 0 Å². The largest absolute Gasteiger partial charge is 0.308 e. The van der Waals surface area contributed by atoms with Crippen LogP contribution in [0, 0.1) is 0 Å². The molecule has 0 radical (unpaired) electrons. The summed E-state index contributed by atoms with van der Waals surface area (Å²) in [7, 11) is 2.09. The minimum Gasteiger partial charge on any atom is -0.308 e. The van der Waals surface area contributed by atoms with Crippen molar-refractivity contribution in [3.8, 4) is 0 Å². The fourth-order valence-electron chi connectivity index (χ4n) is 4.07. The summed E-state index contributed by atoms with van der Waals surface area (Å²) < 4.78 is 0. The number of hydrogen-bond donors (Lipinski definition) is 0. The molecule has 3 heterocycles. The number of aromatic nitrogens is 1. The zero-order valence-electron chi connectivity index (χ0n) is 14.6. The number of carbonyl (C=O) groups is 1. The first-order valence-electron chi connectivity index (χ1n) is 8.84. The van der Waals surface area contributed by atoms with E-state index < -0.39 is 0 Å². The van der Waals surface area contributed by atoms with E-state index in [0.29, 0.717) is 6.54 Å². The monoisotopic (exact) mass is 336 g/mol. The van der Waals surface area contributed by atoms with E-state index in [0.717, 1.165) is 38.3 Å². The molecule has 4 rings (SSSR count). The highest BCUT2D eigenvalue weighted by Gasteiger charge is 2.47. The molecule has 1 spiro atoms. The Balaban J connectivity index is 1.51. The fraction of sp³-hybridized carbons (Fsp3) is 0.400. The summed E-state index contributed by atoms with van der Waals surface area (Å²) in [5.41, 5.74) is 2.28. The van der Waals surface area contributed by atoms with Crippen molar-refractivity contribution in [3.05, 3.63) is 60.4 Å². The number of likely N-dealkylation sites (N-methyl/N-ethyl adjacent to an activating group) is 1. The lowest BCUT2D eigenvalue weighted by Gasteiger charge is -2.46. The number of anilines is 1. The molecule has 130 valence electrons. The van der Waals surface area contributed by atoms with E-state index in [1.165, 1.54) is 5.56 Å². The van der Waals surface area contributed by atoms with Gasteiger partial charge in [-0.15, -0.1) is 0 Å². The molecule has 2 aliphatic heterocycles. The molecule has 0 N–H and O–H groups in total. The van der Waals surface area contributed by atoms with E-state index in [1.807, 2.05) is 17.0 Å². The Labute approximate surface area is 148 Å². The molecule has 0 aliphatic carbocycles. The fourth-order valence-corrected chi connectivity index (χ4v) is 4.07. The second-order valence-corrected chi connectivity index (χ2v) is 7.22. The van der Waals surface area contributed by atoms with E-state index >= 15 is 0 Å².